The molecule has 29 heavy (non-hydrogen) atoms. The average molecular weight is 393 g/mol. The lowest BCUT2D eigenvalue weighted by Crippen LogP contribution is -2.32. The highest BCUT2D eigenvalue weighted by atomic mass is 16.5. The van der Waals surface area contributed by atoms with Gasteiger partial charge in [-0.3, -0.25) is 19.3 Å². The van der Waals surface area contributed by atoms with Crippen molar-refractivity contribution >= 4 is 34.7 Å². The molecule has 0 unspecified atom stereocenters. The highest BCUT2D eigenvalue weighted by molar-refractivity contribution is 6.36. The van der Waals surface area contributed by atoms with Crippen LogP contribution in [0.1, 0.15) is 26.3 Å². The van der Waals surface area contributed by atoms with E-state index in [4.69, 9.17) is 4.74 Å². The van der Waals surface area contributed by atoms with E-state index in [9.17, 15) is 14.4 Å². The Labute approximate surface area is 169 Å². The molecule has 0 saturated heterocycles. The molecule has 0 atom stereocenters. The fraction of sp³-hybridized carbons (Fsp3) is 0.227. The Morgan fingerprint density at radius 2 is 1.55 bits per heavy atom. The molecule has 0 aromatic heterocycles. The van der Waals surface area contributed by atoms with Crippen molar-refractivity contribution in [3.63, 3.8) is 0 Å². The molecule has 0 fully saturated rings. The summed E-state index contributed by atoms with van der Waals surface area (Å²) in [5.74, 6) is -0.170. The van der Waals surface area contributed by atoms with Crippen LogP contribution in [0.4, 0.5) is 11.4 Å². The number of hydrogen-bond acceptors (Lipinski definition) is 5. The molecule has 0 radical (unpaired) electrons. The zero-order valence-electron chi connectivity index (χ0n) is 16.6. The first-order valence-corrected chi connectivity index (χ1v) is 9.43. The molecule has 3 amide bonds. The van der Waals surface area contributed by atoms with E-state index in [2.05, 4.69) is 10.6 Å². The Kier molecular flexibility index (Phi) is 5.97. The van der Waals surface area contributed by atoms with Gasteiger partial charge in [0.2, 0.25) is 5.91 Å². The van der Waals surface area contributed by atoms with Gasteiger partial charge < -0.3 is 15.4 Å². The van der Waals surface area contributed by atoms with E-state index < -0.39 is 0 Å². The number of amides is 3. The number of carbonyl (C=O) groups excluding carboxylic acids is 3. The molecule has 2 aromatic rings. The first kappa shape index (κ1) is 20.1. The van der Waals surface area contributed by atoms with E-state index in [1.165, 1.54) is 11.8 Å². The Morgan fingerprint density at radius 1 is 0.931 bits per heavy atom. The van der Waals surface area contributed by atoms with Crippen LogP contribution in [-0.4, -0.2) is 35.8 Å². The summed E-state index contributed by atoms with van der Waals surface area (Å²) in [6.07, 6.45) is 0. The van der Waals surface area contributed by atoms with Gasteiger partial charge in [-0.25, -0.2) is 0 Å². The number of likely N-dealkylation sites (N-methyl/N-ethyl adjacent to an activating group) is 1. The zero-order valence-corrected chi connectivity index (χ0v) is 16.6. The van der Waals surface area contributed by atoms with E-state index in [1.54, 1.807) is 55.5 Å². The second kappa shape index (κ2) is 8.60. The molecule has 0 bridgehead atoms. The molecule has 150 valence electrons. The lowest BCUT2D eigenvalue weighted by atomic mass is 10.0. The average Bonchev–Trinajstić information content (AvgIpc) is 2.93. The lowest BCUT2D eigenvalue weighted by molar-refractivity contribution is -0.136. The minimum atomic E-state index is -0.368. The third kappa shape index (κ3) is 4.29. The predicted molar refractivity (Wildman–Crippen MR) is 111 cm³/mol. The number of hydrogen-bond donors (Lipinski definition) is 2. The summed E-state index contributed by atoms with van der Waals surface area (Å²) >= 11 is 0. The molecule has 7 nitrogen and oxygen atoms in total. The summed E-state index contributed by atoms with van der Waals surface area (Å²) in [6.45, 7) is 5.92. The number of carbonyl (C=O) groups is 3. The Balaban J connectivity index is 1.95. The topological polar surface area (TPSA) is 87.7 Å². The van der Waals surface area contributed by atoms with E-state index in [1.807, 2.05) is 6.92 Å². The second-order valence-electron chi connectivity index (χ2n) is 6.45. The van der Waals surface area contributed by atoms with Crippen LogP contribution in [0.3, 0.4) is 0 Å². The van der Waals surface area contributed by atoms with Crippen LogP contribution in [0.2, 0.25) is 0 Å². The van der Waals surface area contributed by atoms with Gasteiger partial charge >= 0.3 is 0 Å². The fourth-order valence-corrected chi connectivity index (χ4v) is 3.12. The molecular formula is C22H23N3O4. The van der Waals surface area contributed by atoms with E-state index in [0.29, 0.717) is 34.9 Å². The van der Waals surface area contributed by atoms with Gasteiger partial charge in [0.1, 0.15) is 11.4 Å². The van der Waals surface area contributed by atoms with Gasteiger partial charge in [-0.15, -0.1) is 0 Å². The molecule has 0 aliphatic carbocycles. The number of ether oxygens (including phenoxy) is 1. The van der Waals surface area contributed by atoms with E-state index >= 15 is 0 Å². The number of rotatable bonds is 7. The highest BCUT2D eigenvalue weighted by Gasteiger charge is 2.38. The first-order chi connectivity index (χ1) is 13.9. The smallest absolute Gasteiger partial charge is 0.278 e. The van der Waals surface area contributed by atoms with Crippen molar-refractivity contribution in [3.8, 4) is 5.75 Å². The summed E-state index contributed by atoms with van der Waals surface area (Å²) in [5, 5.41) is 5.77. The fourth-order valence-electron chi connectivity index (χ4n) is 3.12. The molecule has 3 rings (SSSR count). The van der Waals surface area contributed by atoms with Gasteiger partial charge in [0.25, 0.3) is 11.8 Å². The van der Waals surface area contributed by atoms with Crippen LogP contribution in [-0.2, 0) is 14.4 Å². The number of nitrogens with one attached hydrogen (secondary N) is 2. The summed E-state index contributed by atoms with van der Waals surface area (Å²) in [7, 11) is 0. The van der Waals surface area contributed by atoms with Gasteiger partial charge in [0.15, 0.2) is 0 Å². The van der Waals surface area contributed by atoms with Crippen LogP contribution in [0, 0.1) is 0 Å². The standard InChI is InChI=1S/C22H23N3O4/c1-4-25-21(27)19(15-6-12-18(13-7-15)29-5-2)20(22(25)28)24-17-10-8-16(9-11-17)23-14(3)26/h6-13,24H,4-5H2,1-3H3,(H,23,26). The third-order valence-electron chi connectivity index (χ3n) is 4.41. The van der Waals surface area contributed by atoms with Crippen LogP contribution in [0.5, 0.6) is 5.75 Å². The molecule has 7 heteroatoms. The molecule has 1 aliphatic rings. The highest BCUT2D eigenvalue weighted by Crippen LogP contribution is 2.31. The molecule has 1 aliphatic heterocycles. The molecule has 1 heterocycles. The van der Waals surface area contributed by atoms with Gasteiger partial charge in [0.05, 0.1) is 12.2 Å². The van der Waals surface area contributed by atoms with Gasteiger partial charge in [-0.1, -0.05) is 12.1 Å². The van der Waals surface area contributed by atoms with Crippen LogP contribution >= 0.6 is 0 Å². The molecular weight excluding hydrogens is 370 g/mol. The Bertz CT molecular complexity index is 963. The third-order valence-corrected chi connectivity index (χ3v) is 4.41. The van der Waals surface area contributed by atoms with E-state index in [-0.39, 0.29) is 30.0 Å². The zero-order chi connectivity index (χ0) is 21.0. The second-order valence-corrected chi connectivity index (χ2v) is 6.45. The summed E-state index contributed by atoms with van der Waals surface area (Å²) in [4.78, 5) is 38.0. The van der Waals surface area contributed by atoms with Crippen molar-refractivity contribution in [2.75, 3.05) is 23.8 Å². The Morgan fingerprint density at radius 3 is 2.10 bits per heavy atom. The normalized spacial score (nSPS) is 13.7. The SMILES string of the molecule is CCOc1ccc(C2=C(Nc3ccc(NC(C)=O)cc3)C(=O)N(CC)C2=O)cc1. The summed E-state index contributed by atoms with van der Waals surface area (Å²) < 4.78 is 5.45. The number of nitrogens with zero attached hydrogens (tertiary/aromatic N) is 1. The summed E-state index contributed by atoms with van der Waals surface area (Å²) in [5.41, 5.74) is 2.48. The number of anilines is 2. The van der Waals surface area contributed by atoms with Crippen molar-refractivity contribution in [1.29, 1.82) is 0 Å². The van der Waals surface area contributed by atoms with Gasteiger partial charge in [-0.05, 0) is 55.8 Å². The number of imide groups is 1. The van der Waals surface area contributed by atoms with Crippen LogP contribution in [0.15, 0.2) is 54.2 Å². The quantitative estimate of drug-likeness (QED) is 0.705. The van der Waals surface area contributed by atoms with Crippen molar-refractivity contribution < 1.29 is 19.1 Å². The molecule has 0 saturated carbocycles. The van der Waals surface area contributed by atoms with Gasteiger partial charge in [0, 0.05) is 24.8 Å². The van der Waals surface area contributed by atoms with Crippen LogP contribution < -0.4 is 15.4 Å². The van der Waals surface area contributed by atoms with E-state index in [0.717, 1.165) is 0 Å². The molecule has 2 aromatic carbocycles. The van der Waals surface area contributed by atoms with Crippen molar-refractivity contribution in [2.45, 2.75) is 20.8 Å². The lowest BCUT2D eigenvalue weighted by Gasteiger charge is -2.12. The monoisotopic (exact) mass is 393 g/mol. The van der Waals surface area contributed by atoms with Crippen molar-refractivity contribution in [2.24, 2.45) is 0 Å². The molecule has 2 N–H and O–H groups in total. The molecule has 0 spiro atoms. The largest absolute Gasteiger partial charge is 0.494 e. The minimum absolute atomic E-state index is 0.165. The first-order valence-electron chi connectivity index (χ1n) is 9.43. The number of benzene rings is 2. The maximum atomic E-state index is 12.9. The van der Waals surface area contributed by atoms with Crippen molar-refractivity contribution in [1.82, 2.24) is 4.90 Å². The van der Waals surface area contributed by atoms with Crippen molar-refractivity contribution in [3.05, 3.63) is 59.8 Å². The predicted octanol–water partition coefficient (Wildman–Crippen LogP) is 3.26. The van der Waals surface area contributed by atoms with Gasteiger partial charge in [-0.2, -0.15) is 0 Å². The maximum Gasteiger partial charge on any atom is 0.278 e. The summed E-state index contributed by atoms with van der Waals surface area (Å²) in [6, 6.07) is 14.0. The minimum Gasteiger partial charge on any atom is -0.494 e. The van der Waals surface area contributed by atoms with Crippen LogP contribution in [0.25, 0.3) is 5.57 Å². The Hall–Kier alpha value is -3.61. The maximum absolute atomic E-state index is 12.9.